The summed E-state index contributed by atoms with van der Waals surface area (Å²) < 4.78 is 0. The van der Waals surface area contributed by atoms with E-state index in [1.165, 1.54) is 0 Å². The summed E-state index contributed by atoms with van der Waals surface area (Å²) in [5, 5.41) is 18.0. The SMILES string of the molecule is CC1=C(C)C(=O)C(CC[C@H](O)CO)=C(C)C1=O. The van der Waals surface area contributed by atoms with E-state index in [0.29, 0.717) is 28.7 Å². The topological polar surface area (TPSA) is 74.6 Å². The fourth-order valence-electron chi connectivity index (χ4n) is 1.86. The lowest BCUT2D eigenvalue weighted by atomic mass is 9.84. The van der Waals surface area contributed by atoms with Crippen LogP contribution in [0.3, 0.4) is 0 Å². The smallest absolute Gasteiger partial charge is 0.185 e. The Hall–Kier alpha value is -1.26. The van der Waals surface area contributed by atoms with Crippen LogP contribution in [-0.4, -0.2) is 34.5 Å². The van der Waals surface area contributed by atoms with E-state index in [1.807, 2.05) is 0 Å². The van der Waals surface area contributed by atoms with Crippen LogP contribution < -0.4 is 0 Å². The largest absolute Gasteiger partial charge is 0.394 e. The molecule has 17 heavy (non-hydrogen) atoms. The molecule has 0 saturated heterocycles. The van der Waals surface area contributed by atoms with E-state index < -0.39 is 6.10 Å². The second-order valence-electron chi connectivity index (χ2n) is 4.39. The number of Topliss-reactive ketones (excluding diaryl/α,β-unsaturated/α-hetero) is 2. The van der Waals surface area contributed by atoms with Crippen molar-refractivity contribution < 1.29 is 19.8 Å². The van der Waals surface area contributed by atoms with Gasteiger partial charge < -0.3 is 10.2 Å². The lowest BCUT2D eigenvalue weighted by Crippen LogP contribution is -2.22. The summed E-state index contributed by atoms with van der Waals surface area (Å²) in [4.78, 5) is 23.8. The Morgan fingerprint density at radius 1 is 1.00 bits per heavy atom. The molecule has 0 radical (unpaired) electrons. The van der Waals surface area contributed by atoms with Crippen molar-refractivity contribution in [3.8, 4) is 0 Å². The van der Waals surface area contributed by atoms with E-state index in [9.17, 15) is 14.7 Å². The zero-order chi connectivity index (χ0) is 13.2. The molecule has 1 atom stereocenters. The molecule has 0 aromatic heterocycles. The summed E-state index contributed by atoms with van der Waals surface area (Å²) >= 11 is 0. The van der Waals surface area contributed by atoms with E-state index in [0.717, 1.165) is 0 Å². The minimum Gasteiger partial charge on any atom is -0.394 e. The van der Waals surface area contributed by atoms with Crippen molar-refractivity contribution in [3.05, 3.63) is 22.3 Å². The molecule has 0 aromatic rings. The van der Waals surface area contributed by atoms with Crippen molar-refractivity contribution in [1.29, 1.82) is 0 Å². The number of hydrogen-bond donors (Lipinski definition) is 2. The van der Waals surface area contributed by atoms with Gasteiger partial charge in [-0.3, -0.25) is 9.59 Å². The van der Waals surface area contributed by atoms with Crippen LogP contribution in [0.1, 0.15) is 33.6 Å². The summed E-state index contributed by atoms with van der Waals surface area (Å²) in [6, 6.07) is 0. The Kier molecular flexibility index (Phi) is 4.37. The van der Waals surface area contributed by atoms with Crippen molar-refractivity contribution in [2.75, 3.05) is 6.61 Å². The van der Waals surface area contributed by atoms with Gasteiger partial charge >= 0.3 is 0 Å². The van der Waals surface area contributed by atoms with Gasteiger partial charge in [-0.15, -0.1) is 0 Å². The van der Waals surface area contributed by atoms with E-state index in [-0.39, 0.29) is 24.6 Å². The van der Waals surface area contributed by atoms with E-state index in [4.69, 9.17) is 5.11 Å². The lowest BCUT2D eigenvalue weighted by molar-refractivity contribution is -0.116. The van der Waals surface area contributed by atoms with Crippen LogP contribution in [0.25, 0.3) is 0 Å². The average molecular weight is 238 g/mol. The summed E-state index contributed by atoms with van der Waals surface area (Å²) in [6.07, 6.45) is -0.234. The van der Waals surface area contributed by atoms with Gasteiger partial charge in [-0.25, -0.2) is 0 Å². The Labute approximate surface area is 101 Å². The van der Waals surface area contributed by atoms with E-state index in [1.54, 1.807) is 20.8 Å². The Balaban J connectivity index is 2.92. The fraction of sp³-hybridized carbons (Fsp3) is 0.538. The maximum absolute atomic E-state index is 12.0. The van der Waals surface area contributed by atoms with Gasteiger partial charge in [0.25, 0.3) is 0 Å². The molecule has 0 saturated carbocycles. The molecule has 94 valence electrons. The Morgan fingerprint density at radius 3 is 2.06 bits per heavy atom. The van der Waals surface area contributed by atoms with Crippen molar-refractivity contribution >= 4 is 11.6 Å². The first-order chi connectivity index (χ1) is 7.90. The molecule has 0 fully saturated rings. The van der Waals surface area contributed by atoms with Crippen LogP contribution in [0.4, 0.5) is 0 Å². The number of hydrogen-bond acceptors (Lipinski definition) is 4. The number of allylic oxidation sites excluding steroid dienone is 4. The molecule has 0 aliphatic heterocycles. The summed E-state index contributed by atoms with van der Waals surface area (Å²) in [5.74, 6) is -0.222. The van der Waals surface area contributed by atoms with Crippen molar-refractivity contribution in [3.63, 3.8) is 0 Å². The molecular weight excluding hydrogens is 220 g/mol. The average Bonchev–Trinajstić information content (AvgIpc) is 2.33. The Morgan fingerprint density at radius 2 is 1.53 bits per heavy atom. The van der Waals surface area contributed by atoms with Gasteiger partial charge in [0.05, 0.1) is 12.7 Å². The quantitative estimate of drug-likeness (QED) is 0.714. The predicted molar refractivity (Wildman–Crippen MR) is 63.4 cm³/mol. The second-order valence-corrected chi connectivity index (χ2v) is 4.39. The highest BCUT2D eigenvalue weighted by Crippen LogP contribution is 2.27. The second kappa shape index (κ2) is 5.38. The number of aliphatic hydroxyl groups is 2. The third-order valence-electron chi connectivity index (χ3n) is 3.25. The third-order valence-corrected chi connectivity index (χ3v) is 3.25. The summed E-state index contributed by atoms with van der Waals surface area (Å²) in [7, 11) is 0. The fourth-order valence-corrected chi connectivity index (χ4v) is 1.86. The minimum absolute atomic E-state index is 0.101. The molecule has 0 bridgehead atoms. The van der Waals surface area contributed by atoms with Crippen molar-refractivity contribution in [2.45, 2.75) is 39.7 Å². The van der Waals surface area contributed by atoms with Gasteiger partial charge in [-0.2, -0.15) is 0 Å². The van der Waals surface area contributed by atoms with Gasteiger partial charge in [0.2, 0.25) is 0 Å². The maximum atomic E-state index is 12.0. The predicted octanol–water partition coefficient (Wildman–Crippen LogP) is 0.924. The zero-order valence-electron chi connectivity index (χ0n) is 10.4. The number of carbonyl (C=O) groups is 2. The third kappa shape index (κ3) is 2.70. The Bertz CT molecular complexity index is 415. The highest BCUT2D eigenvalue weighted by molar-refractivity contribution is 6.24. The molecule has 0 unspecified atom stereocenters. The molecule has 0 aromatic carbocycles. The molecule has 1 aliphatic rings. The number of carbonyl (C=O) groups excluding carboxylic acids is 2. The molecule has 4 nitrogen and oxygen atoms in total. The van der Waals surface area contributed by atoms with Crippen LogP contribution in [-0.2, 0) is 9.59 Å². The number of aliphatic hydroxyl groups excluding tert-OH is 2. The molecule has 0 spiro atoms. The van der Waals surface area contributed by atoms with Crippen molar-refractivity contribution in [1.82, 2.24) is 0 Å². The molecule has 1 rings (SSSR count). The van der Waals surface area contributed by atoms with Gasteiger partial charge in [0, 0.05) is 22.3 Å². The van der Waals surface area contributed by atoms with Gasteiger partial charge in [0.15, 0.2) is 11.6 Å². The first-order valence-corrected chi connectivity index (χ1v) is 5.65. The molecule has 1 aliphatic carbocycles. The van der Waals surface area contributed by atoms with Crippen molar-refractivity contribution in [2.24, 2.45) is 0 Å². The van der Waals surface area contributed by atoms with Gasteiger partial charge in [0.1, 0.15) is 0 Å². The summed E-state index contributed by atoms with van der Waals surface area (Å²) in [5.41, 5.74) is 1.90. The highest BCUT2D eigenvalue weighted by atomic mass is 16.3. The highest BCUT2D eigenvalue weighted by Gasteiger charge is 2.27. The number of rotatable bonds is 4. The first-order valence-electron chi connectivity index (χ1n) is 5.65. The first kappa shape index (κ1) is 13.8. The molecular formula is C13H18O4. The molecule has 2 N–H and O–H groups in total. The lowest BCUT2D eigenvalue weighted by Gasteiger charge is -2.19. The zero-order valence-corrected chi connectivity index (χ0v) is 10.4. The van der Waals surface area contributed by atoms with Crippen LogP contribution >= 0.6 is 0 Å². The standard InChI is InChI=1S/C13H18O4/c1-7-8(2)13(17)11(9(3)12(7)16)5-4-10(15)6-14/h10,14-15H,4-6H2,1-3H3/t10-/m0/s1. The van der Waals surface area contributed by atoms with E-state index >= 15 is 0 Å². The van der Waals surface area contributed by atoms with Gasteiger partial charge in [-0.1, -0.05) is 0 Å². The van der Waals surface area contributed by atoms with Crippen LogP contribution in [0.2, 0.25) is 0 Å². The van der Waals surface area contributed by atoms with Gasteiger partial charge in [-0.05, 0) is 33.6 Å². The minimum atomic E-state index is -0.842. The normalized spacial score (nSPS) is 19.1. The summed E-state index contributed by atoms with van der Waals surface area (Å²) in [6.45, 7) is 4.60. The molecule has 4 heteroatoms. The van der Waals surface area contributed by atoms with Crippen LogP contribution in [0, 0.1) is 0 Å². The maximum Gasteiger partial charge on any atom is 0.185 e. The van der Waals surface area contributed by atoms with Crippen LogP contribution in [0.15, 0.2) is 22.3 Å². The van der Waals surface area contributed by atoms with Crippen LogP contribution in [0.5, 0.6) is 0 Å². The molecule has 0 heterocycles. The van der Waals surface area contributed by atoms with E-state index in [2.05, 4.69) is 0 Å². The number of ketones is 2. The monoisotopic (exact) mass is 238 g/mol. The molecule has 0 amide bonds.